The van der Waals surface area contributed by atoms with Crippen LogP contribution in [-0.4, -0.2) is 11.6 Å². The van der Waals surface area contributed by atoms with Crippen LogP contribution in [0.25, 0.3) is 10.4 Å². The van der Waals surface area contributed by atoms with E-state index in [0.29, 0.717) is 22.3 Å². The van der Waals surface area contributed by atoms with Gasteiger partial charge >= 0.3 is 0 Å². The lowest BCUT2D eigenvalue weighted by Crippen LogP contribution is -2.21. The highest BCUT2D eigenvalue weighted by Gasteiger charge is 2.31. The van der Waals surface area contributed by atoms with Crippen molar-refractivity contribution in [2.24, 2.45) is 5.11 Å². The molecule has 2 aromatic carbocycles. The van der Waals surface area contributed by atoms with Crippen molar-refractivity contribution in [1.29, 1.82) is 0 Å². The number of rotatable bonds is 1. The SMILES string of the molecule is Cc1ccc2c(c1N=[N+]=[N-])C(=O)c1ccccc1C2=O. The van der Waals surface area contributed by atoms with Gasteiger partial charge in [-0.2, -0.15) is 0 Å². The molecular formula is C15H9N3O2. The molecule has 96 valence electrons. The highest BCUT2D eigenvalue weighted by Crippen LogP contribution is 2.35. The minimum absolute atomic E-state index is 0.200. The van der Waals surface area contributed by atoms with Gasteiger partial charge < -0.3 is 0 Å². The summed E-state index contributed by atoms with van der Waals surface area (Å²) in [4.78, 5) is 27.8. The second-order valence-corrected chi connectivity index (χ2v) is 4.55. The van der Waals surface area contributed by atoms with E-state index in [0.717, 1.165) is 0 Å². The van der Waals surface area contributed by atoms with Crippen molar-refractivity contribution in [2.45, 2.75) is 6.92 Å². The lowest BCUT2D eigenvalue weighted by Gasteiger charge is -2.19. The maximum atomic E-state index is 12.6. The number of hydrogen-bond acceptors (Lipinski definition) is 3. The smallest absolute Gasteiger partial charge is 0.194 e. The zero-order valence-corrected chi connectivity index (χ0v) is 10.6. The molecule has 0 amide bonds. The average Bonchev–Trinajstić information content (AvgIpc) is 2.47. The molecule has 1 aliphatic rings. The van der Waals surface area contributed by atoms with Crippen LogP contribution in [0.2, 0.25) is 0 Å². The number of carbonyl (C=O) groups is 2. The van der Waals surface area contributed by atoms with Crippen molar-refractivity contribution in [3.63, 3.8) is 0 Å². The Balaban J connectivity index is 2.39. The first-order chi connectivity index (χ1) is 9.65. The summed E-state index contributed by atoms with van der Waals surface area (Å²) in [7, 11) is 0. The maximum Gasteiger partial charge on any atom is 0.194 e. The number of azide groups is 1. The van der Waals surface area contributed by atoms with E-state index >= 15 is 0 Å². The molecule has 0 bridgehead atoms. The molecule has 0 fully saturated rings. The van der Waals surface area contributed by atoms with E-state index in [-0.39, 0.29) is 22.8 Å². The highest BCUT2D eigenvalue weighted by molar-refractivity contribution is 6.30. The first-order valence-corrected chi connectivity index (χ1v) is 6.02. The molecule has 0 N–H and O–H groups in total. The monoisotopic (exact) mass is 263 g/mol. The average molecular weight is 263 g/mol. The molecule has 20 heavy (non-hydrogen) atoms. The Kier molecular flexibility index (Phi) is 2.63. The molecular weight excluding hydrogens is 254 g/mol. The van der Waals surface area contributed by atoms with Gasteiger partial charge in [-0.15, -0.1) is 0 Å². The number of aryl methyl sites for hydroxylation is 1. The van der Waals surface area contributed by atoms with E-state index in [9.17, 15) is 9.59 Å². The van der Waals surface area contributed by atoms with Crippen molar-refractivity contribution in [3.05, 3.63) is 74.7 Å². The third-order valence-corrected chi connectivity index (χ3v) is 3.41. The van der Waals surface area contributed by atoms with E-state index in [2.05, 4.69) is 10.0 Å². The first-order valence-electron chi connectivity index (χ1n) is 6.02. The summed E-state index contributed by atoms with van der Waals surface area (Å²) < 4.78 is 0. The van der Waals surface area contributed by atoms with Gasteiger partial charge in [0, 0.05) is 27.2 Å². The summed E-state index contributed by atoms with van der Waals surface area (Å²) in [6.07, 6.45) is 0. The molecule has 0 saturated heterocycles. The lowest BCUT2D eigenvalue weighted by atomic mass is 9.82. The van der Waals surface area contributed by atoms with Crippen LogP contribution in [0, 0.1) is 6.92 Å². The summed E-state index contributed by atoms with van der Waals surface area (Å²) in [5, 5.41) is 3.58. The summed E-state index contributed by atoms with van der Waals surface area (Å²) in [6, 6.07) is 9.96. The topological polar surface area (TPSA) is 82.9 Å². The number of nitrogens with zero attached hydrogens (tertiary/aromatic N) is 3. The number of fused-ring (bicyclic) bond motifs is 2. The number of benzene rings is 2. The van der Waals surface area contributed by atoms with E-state index < -0.39 is 0 Å². The molecule has 5 heteroatoms. The summed E-state index contributed by atoms with van der Waals surface area (Å²) in [6.45, 7) is 1.74. The van der Waals surface area contributed by atoms with E-state index in [1.165, 1.54) is 0 Å². The largest absolute Gasteiger partial charge is 0.289 e. The molecule has 0 radical (unpaired) electrons. The van der Waals surface area contributed by atoms with Gasteiger partial charge in [-0.25, -0.2) is 0 Å². The van der Waals surface area contributed by atoms with Gasteiger partial charge in [0.1, 0.15) is 0 Å². The van der Waals surface area contributed by atoms with E-state index in [4.69, 9.17) is 5.53 Å². The highest BCUT2D eigenvalue weighted by atomic mass is 16.1. The minimum atomic E-state index is -0.277. The molecule has 5 nitrogen and oxygen atoms in total. The second kappa shape index (κ2) is 4.33. The molecule has 0 saturated carbocycles. The molecule has 0 aromatic heterocycles. The minimum Gasteiger partial charge on any atom is -0.289 e. The van der Waals surface area contributed by atoms with E-state index in [1.54, 1.807) is 43.3 Å². The van der Waals surface area contributed by atoms with Crippen molar-refractivity contribution in [1.82, 2.24) is 0 Å². The number of ketones is 2. The van der Waals surface area contributed by atoms with Crippen LogP contribution in [-0.2, 0) is 0 Å². The Morgan fingerprint density at radius 1 is 0.950 bits per heavy atom. The Labute approximate surface area is 114 Å². The molecule has 1 aliphatic carbocycles. The Hall–Kier alpha value is -2.91. The summed E-state index contributed by atoms with van der Waals surface area (Å²) >= 11 is 0. The van der Waals surface area contributed by atoms with Gasteiger partial charge in [0.05, 0.1) is 5.69 Å². The van der Waals surface area contributed by atoms with Crippen LogP contribution in [0.15, 0.2) is 41.5 Å². The maximum absolute atomic E-state index is 12.6. The van der Waals surface area contributed by atoms with Crippen LogP contribution in [0.5, 0.6) is 0 Å². The lowest BCUT2D eigenvalue weighted by molar-refractivity contribution is 0.0979. The molecule has 2 aromatic rings. The molecule has 3 rings (SSSR count). The predicted molar refractivity (Wildman–Crippen MR) is 73.3 cm³/mol. The zero-order valence-electron chi connectivity index (χ0n) is 10.6. The number of hydrogen-bond donors (Lipinski definition) is 0. The van der Waals surface area contributed by atoms with Crippen molar-refractivity contribution >= 4 is 17.3 Å². The van der Waals surface area contributed by atoms with Crippen molar-refractivity contribution in [2.75, 3.05) is 0 Å². The van der Waals surface area contributed by atoms with Gasteiger partial charge in [-0.3, -0.25) is 9.59 Å². The van der Waals surface area contributed by atoms with Crippen molar-refractivity contribution < 1.29 is 9.59 Å². The quantitative estimate of drug-likeness (QED) is 0.381. The van der Waals surface area contributed by atoms with Gasteiger partial charge in [0.2, 0.25) is 0 Å². The fourth-order valence-electron chi connectivity index (χ4n) is 2.45. The van der Waals surface area contributed by atoms with Gasteiger partial charge in [-0.05, 0) is 18.0 Å². The van der Waals surface area contributed by atoms with E-state index in [1.807, 2.05) is 0 Å². The third-order valence-electron chi connectivity index (χ3n) is 3.41. The van der Waals surface area contributed by atoms with Crippen molar-refractivity contribution in [3.8, 4) is 0 Å². The van der Waals surface area contributed by atoms with Gasteiger partial charge in [-0.1, -0.05) is 41.5 Å². The van der Waals surface area contributed by atoms with Crippen LogP contribution in [0.1, 0.15) is 37.4 Å². The third kappa shape index (κ3) is 1.54. The summed E-state index contributed by atoms with van der Waals surface area (Å²) in [5.74, 6) is -0.495. The van der Waals surface area contributed by atoms with Crippen LogP contribution in [0.3, 0.4) is 0 Å². The molecule has 0 atom stereocenters. The van der Waals surface area contributed by atoms with Crippen LogP contribution in [0.4, 0.5) is 5.69 Å². The Bertz CT molecular complexity index is 818. The molecule has 0 spiro atoms. The van der Waals surface area contributed by atoms with Crippen LogP contribution < -0.4 is 0 Å². The predicted octanol–water partition coefficient (Wildman–Crippen LogP) is 3.71. The second-order valence-electron chi connectivity index (χ2n) is 4.55. The normalized spacial score (nSPS) is 12.4. The Morgan fingerprint density at radius 3 is 2.25 bits per heavy atom. The standard InChI is InChI=1S/C15H9N3O2/c1-8-6-7-11-12(13(8)17-18-16)15(20)10-5-3-2-4-9(10)14(11)19/h2-7H,1H3. The van der Waals surface area contributed by atoms with Crippen LogP contribution >= 0.6 is 0 Å². The van der Waals surface area contributed by atoms with Gasteiger partial charge in [0.25, 0.3) is 0 Å². The zero-order chi connectivity index (χ0) is 14.3. The van der Waals surface area contributed by atoms with Gasteiger partial charge in [0.15, 0.2) is 11.6 Å². The Morgan fingerprint density at radius 2 is 1.60 bits per heavy atom. The fourth-order valence-corrected chi connectivity index (χ4v) is 2.45. The number of carbonyl (C=O) groups excluding carboxylic acids is 2. The first kappa shape index (κ1) is 12.1. The molecule has 0 unspecified atom stereocenters. The summed E-state index contributed by atoms with van der Waals surface area (Å²) in [5.41, 5.74) is 10.8. The fraction of sp³-hybridized carbons (Fsp3) is 0.0667. The molecule has 0 aliphatic heterocycles. The molecule has 0 heterocycles.